The Kier molecular flexibility index (Phi) is 5.38. The fourth-order valence-electron chi connectivity index (χ4n) is 5.28. The molecule has 31 heavy (non-hydrogen) atoms. The summed E-state index contributed by atoms with van der Waals surface area (Å²) < 4.78 is 1.35. The molecule has 1 aliphatic rings. The summed E-state index contributed by atoms with van der Waals surface area (Å²) in [5.74, 6) is 0.680. The first-order chi connectivity index (χ1) is 14.9. The predicted octanol–water partition coefficient (Wildman–Crippen LogP) is 9.06. The van der Waals surface area contributed by atoms with Crippen molar-refractivity contribution in [3.8, 4) is 11.3 Å². The monoisotopic (exact) mass is 427 g/mol. The lowest BCUT2D eigenvalue weighted by atomic mass is 9.81. The van der Waals surface area contributed by atoms with E-state index in [1.54, 1.807) is 0 Å². The minimum Gasteiger partial charge on any atom is -0.255 e. The van der Waals surface area contributed by atoms with E-state index in [1.807, 2.05) is 17.5 Å². The number of aromatic nitrogens is 1. The molecule has 0 radical (unpaired) electrons. The van der Waals surface area contributed by atoms with E-state index in [2.05, 4.69) is 70.2 Å². The van der Waals surface area contributed by atoms with Crippen LogP contribution in [0.15, 0.2) is 48.7 Å². The van der Waals surface area contributed by atoms with Crippen LogP contribution < -0.4 is 0 Å². The topological polar surface area (TPSA) is 12.9 Å². The van der Waals surface area contributed by atoms with Crippen LogP contribution in [0.25, 0.3) is 32.1 Å². The summed E-state index contributed by atoms with van der Waals surface area (Å²) >= 11 is 1.96. The first-order valence-electron chi connectivity index (χ1n) is 11.8. The van der Waals surface area contributed by atoms with E-state index in [0.717, 1.165) is 12.1 Å². The van der Waals surface area contributed by atoms with Crippen LogP contribution in [0.2, 0.25) is 0 Å². The predicted molar refractivity (Wildman–Crippen MR) is 136 cm³/mol. The Morgan fingerprint density at radius 3 is 2.52 bits per heavy atom. The Labute approximate surface area is 190 Å². The molecular weight excluding hydrogens is 394 g/mol. The van der Waals surface area contributed by atoms with E-state index in [4.69, 9.17) is 4.98 Å². The third kappa shape index (κ3) is 4.03. The number of hydrogen-bond acceptors (Lipinski definition) is 2. The van der Waals surface area contributed by atoms with Crippen LogP contribution >= 0.6 is 11.3 Å². The van der Waals surface area contributed by atoms with Gasteiger partial charge < -0.3 is 0 Å². The molecule has 2 heteroatoms. The van der Waals surface area contributed by atoms with E-state index >= 15 is 0 Å². The molecule has 2 aromatic heterocycles. The number of pyridine rings is 1. The number of nitrogens with zero attached hydrogens (tertiary/aromatic N) is 1. The molecule has 0 bridgehead atoms. The Balaban J connectivity index is 1.69. The van der Waals surface area contributed by atoms with Crippen molar-refractivity contribution in [2.75, 3.05) is 0 Å². The van der Waals surface area contributed by atoms with Crippen molar-refractivity contribution in [2.45, 2.75) is 72.1 Å². The minimum atomic E-state index is 0.288. The van der Waals surface area contributed by atoms with E-state index in [9.17, 15) is 0 Å². The van der Waals surface area contributed by atoms with Crippen molar-refractivity contribution in [2.24, 2.45) is 5.41 Å². The third-order valence-electron chi connectivity index (χ3n) is 6.86. The molecule has 0 amide bonds. The maximum atomic E-state index is 4.93. The molecule has 1 nitrogen and oxygen atoms in total. The van der Waals surface area contributed by atoms with Gasteiger partial charge in [0.05, 0.1) is 10.4 Å². The molecule has 5 rings (SSSR count). The fourth-order valence-corrected chi connectivity index (χ4v) is 6.89. The van der Waals surface area contributed by atoms with Crippen molar-refractivity contribution in [1.29, 1.82) is 0 Å². The van der Waals surface area contributed by atoms with Crippen molar-refractivity contribution >= 4 is 32.2 Å². The number of rotatable bonds is 3. The smallest absolute Gasteiger partial charge is 0.0880 e. The van der Waals surface area contributed by atoms with Crippen molar-refractivity contribution in [1.82, 2.24) is 4.98 Å². The summed E-state index contributed by atoms with van der Waals surface area (Å²) in [4.78, 5) is 6.44. The highest BCUT2D eigenvalue weighted by molar-refractivity contribution is 7.19. The first kappa shape index (κ1) is 20.7. The molecule has 4 aromatic rings. The maximum Gasteiger partial charge on any atom is 0.0880 e. The molecule has 0 unspecified atom stereocenters. The molecule has 1 saturated carbocycles. The second-order valence-electron chi connectivity index (χ2n) is 10.5. The van der Waals surface area contributed by atoms with Gasteiger partial charge in [-0.3, -0.25) is 4.98 Å². The SMILES string of the molecule is Cc1c(CC(C)(C)C)sc2c(-c3cc(C4CCCCC4)c4ccccc4c3)nccc12. The molecule has 1 aliphatic carbocycles. The zero-order valence-electron chi connectivity index (χ0n) is 19.3. The van der Waals surface area contributed by atoms with Gasteiger partial charge in [0.2, 0.25) is 0 Å². The van der Waals surface area contributed by atoms with E-state index in [0.29, 0.717) is 5.92 Å². The number of hydrogen-bond donors (Lipinski definition) is 0. The van der Waals surface area contributed by atoms with Gasteiger partial charge in [-0.2, -0.15) is 0 Å². The van der Waals surface area contributed by atoms with Crippen LogP contribution in [0, 0.1) is 12.3 Å². The lowest BCUT2D eigenvalue weighted by Gasteiger charge is -2.24. The number of aryl methyl sites for hydroxylation is 1. The molecule has 0 saturated heterocycles. The Morgan fingerprint density at radius 2 is 1.74 bits per heavy atom. The molecule has 160 valence electrons. The average Bonchev–Trinajstić information content (AvgIpc) is 3.07. The lowest BCUT2D eigenvalue weighted by Crippen LogP contribution is -2.08. The van der Waals surface area contributed by atoms with Crippen molar-refractivity contribution < 1.29 is 0 Å². The van der Waals surface area contributed by atoms with Crippen LogP contribution in [-0.4, -0.2) is 4.98 Å². The Hall–Kier alpha value is -2.19. The van der Waals surface area contributed by atoms with Crippen LogP contribution in [0.5, 0.6) is 0 Å². The molecule has 0 aliphatic heterocycles. The van der Waals surface area contributed by atoms with Gasteiger partial charge in [-0.1, -0.05) is 64.3 Å². The van der Waals surface area contributed by atoms with E-state index < -0.39 is 0 Å². The summed E-state index contributed by atoms with van der Waals surface area (Å²) in [5.41, 5.74) is 5.71. The van der Waals surface area contributed by atoms with Gasteiger partial charge in [-0.05, 0) is 83.0 Å². The highest BCUT2D eigenvalue weighted by Gasteiger charge is 2.22. The summed E-state index contributed by atoms with van der Waals surface area (Å²) in [5, 5.41) is 4.16. The number of benzene rings is 2. The Morgan fingerprint density at radius 1 is 0.968 bits per heavy atom. The minimum absolute atomic E-state index is 0.288. The van der Waals surface area contributed by atoms with E-state index in [-0.39, 0.29) is 5.41 Å². The largest absolute Gasteiger partial charge is 0.255 e. The van der Waals surface area contributed by atoms with Gasteiger partial charge in [-0.25, -0.2) is 0 Å². The van der Waals surface area contributed by atoms with Crippen LogP contribution in [-0.2, 0) is 6.42 Å². The van der Waals surface area contributed by atoms with Gasteiger partial charge in [0, 0.05) is 16.6 Å². The van der Waals surface area contributed by atoms with Gasteiger partial charge in [0.1, 0.15) is 0 Å². The quantitative estimate of drug-likeness (QED) is 0.318. The standard InChI is InChI=1S/C29H33NS/c1-19-23-14-15-30-27(28(23)31-26(19)18-29(2,3)4)22-16-21-12-8-9-13-24(21)25(17-22)20-10-6-5-7-11-20/h8-9,12-17,20H,5-7,10-11,18H2,1-4H3. The van der Waals surface area contributed by atoms with Crippen LogP contribution in [0.1, 0.15) is 74.8 Å². The summed E-state index contributed by atoms with van der Waals surface area (Å²) in [6.45, 7) is 9.28. The highest BCUT2D eigenvalue weighted by Crippen LogP contribution is 2.42. The second kappa shape index (κ2) is 8.06. The number of fused-ring (bicyclic) bond motifs is 2. The summed E-state index contributed by atoms with van der Waals surface area (Å²) in [6.07, 6.45) is 9.86. The molecule has 1 fully saturated rings. The van der Waals surface area contributed by atoms with Gasteiger partial charge in [-0.15, -0.1) is 11.3 Å². The molecule has 2 heterocycles. The summed E-state index contributed by atoms with van der Waals surface area (Å²) in [6, 6.07) is 16.0. The maximum absolute atomic E-state index is 4.93. The van der Waals surface area contributed by atoms with Gasteiger partial charge in [0.15, 0.2) is 0 Å². The third-order valence-corrected chi connectivity index (χ3v) is 8.17. The van der Waals surface area contributed by atoms with Crippen molar-refractivity contribution in [3.05, 3.63) is 64.7 Å². The molecular formula is C29H33NS. The Bertz CT molecular complexity index is 1240. The summed E-state index contributed by atoms with van der Waals surface area (Å²) in [7, 11) is 0. The molecule has 0 N–H and O–H groups in total. The normalized spacial score (nSPS) is 15.7. The second-order valence-corrected chi connectivity index (χ2v) is 11.7. The molecule has 0 atom stereocenters. The number of thiophene rings is 1. The highest BCUT2D eigenvalue weighted by atomic mass is 32.1. The molecule has 2 aromatic carbocycles. The van der Waals surface area contributed by atoms with E-state index in [1.165, 1.54) is 74.5 Å². The van der Waals surface area contributed by atoms with Crippen LogP contribution in [0.4, 0.5) is 0 Å². The van der Waals surface area contributed by atoms with Gasteiger partial charge >= 0.3 is 0 Å². The van der Waals surface area contributed by atoms with Crippen molar-refractivity contribution in [3.63, 3.8) is 0 Å². The zero-order chi connectivity index (χ0) is 21.6. The lowest BCUT2D eigenvalue weighted by molar-refractivity contribution is 0.414. The fraction of sp³-hybridized carbons (Fsp3) is 0.414. The first-order valence-corrected chi connectivity index (χ1v) is 12.6. The average molecular weight is 428 g/mol. The zero-order valence-corrected chi connectivity index (χ0v) is 20.1. The van der Waals surface area contributed by atoms with Crippen LogP contribution in [0.3, 0.4) is 0 Å². The van der Waals surface area contributed by atoms with Gasteiger partial charge in [0.25, 0.3) is 0 Å². The molecule has 0 spiro atoms.